The van der Waals surface area contributed by atoms with Gasteiger partial charge in [-0.3, -0.25) is 14.4 Å². The van der Waals surface area contributed by atoms with Gasteiger partial charge in [-0.1, -0.05) is 17.7 Å². The van der Waals surface area contributed by atoms with E-state index in [9.17, 15) is 18.8 Å². The second kappa shape index (κ2) is 9.10. The van der Waals surface area contributed by atoms with Crippen molar-refractivity contribution in [1.82, 2.24) is 0 Å². The van der Waals surface area contributed by atoms with E-state index >= 15 is 0 Å². The van der Waals surface area contributed by atoms with Gasteiger partial charge in [-0.05, 0) is 48.9 Å². The number of rotatable bonds is 7. The minimum Gasteiger partial charge on any atom is -0.457 e. The Morgan fingerprint density at radius 1 is 1.08 bits per heavy atom. The van der Waals surface area contributed by atoms with Crippen molar-refractivity contribution in [3.8, 4) is 0 Å². The zero-order chi connectivity index (χ0) is 19.1. The standard InChI is InChI=1S/C19H17ClFNO4/c1-12-2-7-15(10-16(12)20)22-18(24)8-9-19(25)26-11-17(23)13-3-5-14(21)6-4-13/h2-7,10H,8-9,11H2,1H3,(H,22,24). The van der Waals surface area contributed by atoms with Crippen LogP contribution in [0.4, 0.5) is 10.1 Å². The number of ketones is 1. The van der Waals surface area contributed by atoms with Crippen molar-refractivity contribution in [2.45, 2.75) is 19.8 Å². The Kier molecular flexibility index (Phi) is 6.86. The van der Waals surface area contributed by atoms with Crippen LogP contribution in [0.25, 0.3) is 0 Å². The number of ether oxygens (including phenoxy) is 1. The number of Topliss-reactive ketones (excluding diaryl/α,β-unsaturated/α-hetero) is 1. The number of benzene rings is 2. The lowest BCUT2D eigenvalue weighted by atomic mass is 10.1. The molecule has 0 aliphatic rings. The van der Waals surface area contributed by atoms with Crippen LogP contribution in [0.15, 0.2) is 42.5 Å². The third-order valence-corrected chi connectivity index (χ3v) is 3.95. The highest BCUT2D eigenvalue weighted by atomic mass is 35.5. The molecule has 5 nitrogen and oxygen atoms in total. The van der Waals surface area contributed by atoms with Gasteiger partial charge < -0.3 is 10.1 Å². The molecule has 0 radical (unpaired) electrons. The fraction of sp³-hybridized carbons (Fsp3) is 0.211. The lowest BCUT2D eigenvalue weighted by molar-refractivity contribution is -0.143. The Morgan fingerprint density at radius 2 is 1.77 bits per heavy atom. The summed E-state index contributed by atoms with van der Waals surface area (Å²) in [6.07, 6.45) is -0.253. The van der Waals surface area contributed by atoms with Crippen LogP contribution in [0.1, 0.15) is 28.8 Å². The minimum atomic E-state index is -0.669. The number of halogens is 2. The first-order valence-electron chi connectivity index (χ1n) is 7.85. The lowest BCUT2D eigenvalue weighted by Crippen LogP contribution is -2.17. The Labute approximate surface area is 155 Å². The molecule has 0 aromatic heterocycles. The maximum atomic E-state index is 12.8. The van der Waals surface area contributed by atoms with E-state index in [2.05, 4.69) is 5.32 Å². The zero-order valence-electron chi connectivity index (χ0n) is 14.1. The summed E-state index contributed by atoms with van der Waals surface area (Å²) in [7, 11) is 0. The summed E-state index contributed by atoms with van der Waals surface area (Å²) in [5, 5.41) is 3.16. The maximum Gasteiger partial charge on any atom is 0.306 e. The minimum absolute atomic E-state index is 0.0882. The van der Waals surface area contributed by atoms with E-state index in [1.54, 1.807) is 18.2 Å². The van der Waals surface area contributed by atoms with E-state index in [-0.39, 0.29) is 24.3 Å². The van der Waals surface area contributed by atoms with Gasteiger partial charge in [0.15, 0.2) is 12.4 Å². The number of nitrogens with one attached hydrogen (secondary N) is 1. The van der Waals surface area contributed by atoms with E-state index in [1.807, 2.05) is 6.92 Å². The third-order valence-electron chi connectivity index (χ3n) is 3.54. The topological polar surface area (TPSA) is 72.5 Å². The predicted molar refractivity (Wildman–Crippen MR) is 95.7 cm³/mol. The van der Waals surface area contributed by atoms with Crippen molar-refractivity contribution in [2.75, 3.05) is 11.9 Å². The van der Waals surface area contributed by atoms with Crippen molar-refractivity contribution in [3.63, 3.8) is 0 Å². The van der Waals surface area contributed by atoms with E-state index < -0.39 is 24.2 Å². The monoisotopic (exact) mass is 377 g/mol. The van der Waals surface area contributed by atoms with Gasteiger partial charge in [0.2, 0.25) is 5.91 Å². The Balaban J connectivity index is 1.73. The summed E-state index contributed by atoms with van der Waals surface area (Å²) < 4.78 is 17.6. The predicted octanol–water partition coefficient (Wildman–Crippen LogP) is 3.93. The first-order chi connectivity index (χ1) is 12.3. The molecule has 0 aliphatic heterocycles. The number of hydrogen-bond acceptors (Lipinski definition) is 4. The van der Waals surface area contributed by atoms with Crippen LogP contribution in [-0.2, 0) is 14.3 Å². The Morgan fingerprint density at radius 3 is 2.42 bits per heavy atom. The molecule has 136 valence electrons. The number of esters is 1. The van der Waals surface area contributed by atoms with Gasteiger partial charge in [0.05, 0.1) is 6.42 Å². The highest BCUT2D eigenvalue weighted by Gasteiger charge is 2.12. The zero-order valence-corrected chi connectivity index (χ0v) is 14.8. The Bertz CT molecular complexity index is 821. The average molecular weight is 378 g/mol. The van der Waals surface area contributed by atoms with Crippen LogP contribution in [0.5, 0.6) is 0 Å². The largest absolute Gasteiger partial charge is 0.457 e. The fourth-order valence-electron chi connectivity index (χ4n) is 2.05. The SMILES string of the molecule is Cc1ccc(NC(=O)CCC(=O)OCC(=O)c2ccc(F)cc2)cc1Cl. The van der Waals surface area contributed by atoms with Gasteiger partial charge in [-0.2, -0.15) is 0 Å². The summed E-state index contributed by atoms with van der Waals surface area (Å²) in [4.78, 5) is 35.3. The normalized spacial score (nSPS) is 10.3. The van der Waals surface area contributed by atoms with Crippen molar-refractivity contribution in [3.05, 3.63) is 64.4 Å². The summed E-state index contributed by atoms with van der Waals surface area (Å²) in [5.74, 6) is -1.94. The molecule has 0 heterocycles. The Hall–Kier alpha value is -2.73. The third kappa shape index (κ3) is 5.97. The van der Waals surface area contributed by atoms with Crippen LogP contribution < -0.4 is 5.32 Å². The van der Waals surface area contributed by atoms with Gasteiger partial charge in [0, 0.05) is 22.7 Å². The summed E-state index contributed by atoms with van der Waals surface area (Å²) in [5.41, 5.74) is 1.66. The van der Waals surface area contributed by atoms with Crippen LogP contribution in [0.2, 0.25) is 5.02 Å². The van der Waals surface area contributed by atoms with Gasteiger partial charge in [0.25, 0.3) is 0 Å². The molecule has 0 atom stereocenters. The molecule has 2 aromatic carbocycles. The van der Waals surface area contributed by atoms with E-state index in [4.69, 9.17) is 16.3 Å². The van der Waals surface area contributed by atoms with Gasteiger partial charge in [-0.15, -0.1) is 0 Å². The lowest BCUT2D eigenvalue weighted by Gasteiger charge is -2.07. The van der Waals surface area contributed by atoms with E-state index in [1.165, 1.54) is 12.1 Å². The molecule has 0 saturated heterocycles. The van der Waals surface area contributed by atoms with E-state index in [0.717, 1.165) is 17.7 Å². The summed E-state index contributed by atoms with van der Waals surface area (Å²) in [6.45, 7) is 1.39. The molecule has 26 heavy (non-hydrogen) atoms. The van der Waals surface area contributed by atoms with Crippen LogP contribution in [0.3, 0.4) is 0 Å². The number of aryl methyl sites for hydroxylation is 1. The molecule has 2 aromatic rings. The van der Waals surface area contributed by atoms with Crippen LogP contribution in [0, 0.1) is 12.7 Å². The molecule has 7 heteroatoms. The molecule has 1 amide bonds. The number of carbonyl (C=O) groups is 3. The van der Waals surface area contributed by atoms with E-state index in [0.29, 0.717) is 10.7 Å². The quantitative estimate of drug-likeness (QED) is 0.586. The number of anilines is 1. The fourth-order valence-corrected chi connectivity index (χ4v) is 2.23. The molecule has 0 saturated carbocycles. The number of hydrogen-bond donors (Lipinski definition) is 1. The molecular formula is C19H17ClFNO4. The second-order valence-electron chi connectivity index (χ2n) is 5.60. The molecule has 0 bridgehead atoms. The maximum absolute atomic E-state index is 12.8. The summed E-state index contributed by atoms with van der Waals surface area (Å²) in [6, 6.07) is 10.0. The molecule has 0 fully saturated rings. The van der Waals surface area contributed by atoms with Crippen LogP contribution in [-0.4, -0.2) is 24.3 Å². The molecule has 0 unspecified atom stereocenters. The molecule has 0 spiro atoms. The molecule has 1 N–H and O–H groups in total. The number of amides is 1. The molecule has 2 rings (SSSR count). The van der Waals surface area contributed by atoms with Crippen molar-refractivity contribution in [1.29, 1.82) is 0 Å². The molecular weight excluding hydrogens is 361 g/mol. The van der Waals surface area contributed by atoms with Gasteiger partial charge in [0.1, 0.15) is 5.82 Å². The van der Waals surface area contributed by atoms with Crippen molar-refractivity contribution in [2.24, 2.45) is 0 Å². The first kappa shape index (κ1) is 19.6. The highest BCUT2D eigenvalue weighted by molar-refractivity contribution is 6.31. The van der Waals surface area contributed by atoms with Crippen molar-refractivity contribution >= 4 is 34.9 Å². The first-order valence-corrected chi connectivity index (χ1v) is 8.23. The van der Waals surface area contributed by atoms with Gasteiger partial charge >= 0.3 is 5.97 Å². The van der Waals surface area contributed by atoms with Gasteiger partial charge in [-0.25, -0.2) is 4.39 Å². The average Bonchev–Trinajstić information content (AvgIpc) is 2.61. The summed E-state index contributed by atoms with van der Waals surface area (Å²) >= 11 is 5.98. The smallest absolute Gasteiger partial charge is 0.306 e. The van der Waals surface area contributed by atoms with Crippen molar-refractivity contribution < 1.29 is 23.5 Å². The molecule has 0 aliphatic carbocycles. The van der Waals surface area contributed by atoms with Crippen LogP contribution >= 0.6 is 11.6 Å². The highest BCUT2D eigenvalue weighted by Crippen LogP contribution is 2.20. The number of carbonyl (C=O) groups excluding carboxylic acids is 3. The second-order valence-corrected chi connectivity index (χ2v) is 6.01.